The van der Waals surface area contributed by atoms with E-state index in [4.69, 9.17) is 11.6 Å². The fourth-order valence-electron chi connectivity index (χ4n) is 1.64. The summed E-state index contributed by atoms with van der Waals surface area (Å²) in [6, 6.07) is 0. The van der Waals surface area contributed by atoms with Crippen LogP contribution in [0.4, 0.5) is 22.0 Å². The maximum Gasteiger partial charge on any atom is 0.573 e. The zero-order valence-electron chi connectivity index (χ0n) is 11.2. The van der Waals surface area contributed by atoms with E-state index in [1.165, 1.54) is 6.92 Å². The van der Waals surface area contributed by atoms with Crippen molar-refractivity contribution >= 4 is 17.6 Å². The molecular weight excluding hydrogens is 337 g/mol. The lowest BCUT2D eigenvalue weighted by Crippen LogP contribution is -2.21. The van der Waals surface area contributed by atoms with Gasteiger partial charge in [0.2, 0.25) is 0 Å². The van der Waals surface area contributed by atoms with Gasteiger partial charge < -0.3 is 9.47 Å². The van der Waals surface area contributed by atoms with Crippen molar-refractivity contribution in [2.75, 3.05) is 6.61 Å². The first-order valence-electron chi connectivity index (χ1n) is 5.95. The van der Waals surface area contributed by atoms with Gasteiger partial charge in [0.15, 0.2) is 5.75 Å². The van der Waals surface area contributed by atoms with Crippen LogP contribution in [0.5, 0.6) is 5.75 Å². The Morgan fingerprint density at radius 3 is 2.50 bits per heavy atom. The number of esters is 1. The molecule has 1 aromatic rings. The summed E-state index contributed by atoms with van der Waals surface area (Å²) in [4.78, 5) is 14.6. The van der Waals surface area contributed by atoms with Gasteiger partial charge in [0.05, 0.1) is 18.9 Å². The van der Waals surface area contributed by atoms with Gasteiger partial charge in [-0.25, -0.2) is 8.78 Å². The summed E-state index contributed by atoms with van der Waals surface area (Å²) in [5, 5.41) is 0. The number of pyridine rings is 1. The highest BCUT2D eigenvalue weighted by molar-refractivity contribution is 6.17. The molecule has 0 amide bonds. The number of rotatable bonds is 6. The largest absolute Gasteiger partial charge is 0.573 e. The molecule has 0 aliphatic carbocycles. The van der Waals surface area contributed by atoms with Crippen LogP contribution >= 0.6 is 11.6 Å². The van der Waals surface area contributed by atoms with E-state index in [0.717, 1.165) is 6.20 Å². The summed E-state index contributed by atoms with van der Waals surface area (Å²) in [5.41, 5.74) is -1.64. The van der Waals surface area contributed by atoms with Crippen LogP contribution in [0.3, 0.4) is 0 Å². The summed E-state index contributed by atoms with van der Waals surface area (Å²) in [6.45, 7) is 1.60. The predicted octanol–water partition coefficient (Wildman–Crippen LogP) is 3.76. The van der Waals surface area contributed by atoms with Crippen molar-refractivity contribution in [1.29, 1.82) is 0 Å². The minimum atomic E-state index is -5.20. The molecule has 0 fully saturated rings. The van der Waals surface area contributed by atoms with Crippen LogP contribution in [-0.2, 0) is 21.8 Å². The van der Waals surface area contributed by atoms with Crippen LogP contribution in [0.1, 0.15) is 30.2 Å². The Hall–Kier alpha value is -1.64. The van der Waals surface area contributed by atoms with Crippen LogP contribution < -0.4 is 4.74 Å². The molecule has 0 N–H and O–H groups in total. The molecule has 0 aromatic carbocycles. The SMILES string of the molecule is CCOC(=O)Cc1cnc(C(F)F)c(OC(F)(F)F)c1CCl. The van der Waals surface area contributed by atoms with E-state index in [-0.39, 0.29) is 17.7 Å². The second-order valence-corrected chi connectivity index (χ2v) is 4.21. The molecule has 10 heteroatoms. The van der Waals surface area contributed by atoms with Crippen LogP contribution in [-0.4, -0.2) is 23.9 Å². The van der Waals surface area contributed by atoms with Crippen LogP contribution in [0.15, 0.2) is 6.20 Å². The molecule has 0 spiro atoms. The van der Waals surface area contributed by atoms with Crippen molar-refractivity contribution in [2.24, 2.45) is 0 Å². The molecule has 124 valence electrons. The molecule has 1 rings (SSSR count). The zero-order chi connectivity index (χ0) is 16.9. The first-order valence-corrected chi connectivity index (χ1v) is 6.49. The van der Waals surface area contributed by atoms with Gasteiger partial charge in [-0.3, -0.25) is 9.78 Å². The zero-order valence-corrected chi connectivity index (χ0v) is 12.0. The van der Waals surface area contributed by atoms with Crippen LogP contribution in [0.2, 0.25) is 0 Å². The standard InChI is InChI=1S/C12H11ClF5NO3/c1-2-21-8(20)3-6-5-19-9(11(14)15)10(7(6)4-13)22-12(16,17)18/h5,11H,2-4H2,1H3. The van der Waals surface area contributed by atoms with Crippen molar-refractivity contribution < 1.29 is 36.2 Å². The monoisotopic (exact) mass is 347 g/mol. The van der Waals surface area contributed by atoms with Crippen molar-refractivity contribution in [3.8, 4) is 5.75 Å². The lowest BCUT2D eigenvalue weighted by Gasteiger charge is -2.17. The third-order valence-corrected chi connectivity index (χ3v) is 2.72. The van der Waals surface area contributed by atoms with E-state index in [2.05, 4.69) is 14.5 Å². The molecule has 0 saturated heterocycles. The summed E-state index contributed by atoms with van der Waals surface area (Å²) in [5.74, 6) is -2.50. The first-order chi connectivity index (χ1) is 10.2. The Balaban J connectivity index is 3.31. The average molecular weight is 348 g/mol. The van der Waals surface area contributed by atoms with E-state index in [1.54, 1.807) is 0 Å². The van der Waals surface area contributed by atoms with Gasteiger partial charge in [-0.1, -0.05) is 0 Å². The maximum absolute atomic E-state index is 12.8. The fourth-order valence-corrected chi connectivity index (χ4v) is 1.93. The number of halogens is 6. The van der Waals surface area contributed by atoms with Gasteiger partial charge in [-0.2, -0.15) is 0 Å². The Labute approximate surface area is 127 Å². The molecule has 4 nitrogen and oxygen atoms in total. The minimum Gasteiger partial charge on any atom is -0.466 e. The summed E-state index contributed by atoms with van der Waals surface area (Å²) >= 11 is 5.53. The van der Waals surface area contributed by atoms with Crippen molar-refractivity contribution in [2.45, 2.75) is 32.0 Å². The highest BCUT2D eigenvalue weighted by atomic mass is 35.5. The second-order valence-electron chi connectivity index (χ2n) is 3.94. The van der Waals surface area contributed by atoms with E-state index < -0.39 is 42.5 Å². The molecule has 1 heterocycles. The number of ether oxygens (including phenoxy) is 2. The smallest absolute Gasteiger partial charge is 0.466 e. The van der Waals surface area contributed by atoms with Gasteiger partial charge in [0.25, 0.3) is 6.43 Å². The lowest BCUT2D eigenvalue weighted by atomic mass is 10.1. The van der Waals surface area contributed by atoms with E-state index >= 15 is 0 Å². The molecule has 0 unspecified atom stereocenters. The number of carbonyl (C=O) groups excluding carboxylic acids is 1. The van der Waals surface area contributed by atoms with E-state index in [9.17, 15) is 26.7 Å². The second kappa shape index (κ2) is 7.57. The molecular formula is C12H11ClF5NO3. The molecule has 22 heavy (non-hydrogen) atoms. The molecule has 0 saturated carbocycles. The average Bonchev–Trinajstić information content (AvgIpc) is 2.37. The quantitative estimate of drug-likeness (QED) is 0.446. The number of nitrogens with zero attached hydrogens (tertiary/aromatic N) is 1. The number of carbonyl (C=O) groups is 1. The fraction of sp³-hybridized carbons (Fsp3) is 0.500. The Bertz CT molecular complexity index is 536. The normalized spacial score (nSPS) is 11.6. The minimum absolute atomic E-state index is 0.0590. The Morgan fingerprint density at radius 2 is 2.05 bits per heavy atom. The number of hydrogen-bond acceptors (Lipinski definition) is 4. The molecule has 0 atom stereocenters. The van der Waals surface area contributed by atoms with Gasteiger partial charge in [-0.15, -0.1) is 24.8 Å². The topological polar surface area (TPSA) is 48.4 Å². The number of hydrogen-bond donors (Lipinski definition) is 0. The van der Waals surface area contributed by atoms with E-state index in [1.807, 2.05) is 0 Å². The molecule has 0 radical (unpaired) electrons. The molecule has 0 bridgehead atoms. The van der Waals surface area contributed by atoms with E-state index in [0.29, 0.717) is 0 Å². The number of aromatic nitrogens is 1. The van der Waals surface area contributed by atoms with Gasteiger partial charge >= 0.3 is 12.3 Å². The lowest BCUT2D eigenvalue weighted by molar-refractivity contribution is -0.275. The Kier molecular flexibility index (Phi) is 6.34. The highest BCUT2D eigenvalue weighted by Crippen LogP contribution is 2.37. The maximum atomic E-state index is 12.8. The molecule has 0 aliphatic rings. The number of alkyl halides is 6. The van der Waals surface area contributed by atoms with Crippen LogP contribution in [0.25, 0.3) is 0 Å². The third kappa shape index (κ3) is 4.97. The summed E-state index contributed by atoms with van der Waals surface area (Å²) in [7, 11) is 0. The van der Waals surface area contributed by atoms with Crippen molar-refractivity contribution in [1.82, 2.24) is 4.98 Å². The van der Waals surface area contributed by atoms with Gasteiger partial charge in [0, 0.05) is 11.8 Å². The van der Waals surface area contributed by atoms with Crippen molar-refractivity contribution in [3.05, 3.63) is 23.0 Å². The highest BCUT2D eigenvalue weighted by Gasteiger charge is 2.36. The molecule has 0 aliphatic heterocycles. The predicted molar refractivity (Wildman–Crippen MR) is 65.8 cm³/mol. The van der Waals surface area contributed by atoms with Gasteiger partial charge in [0.1, 0.15) is 5.69 Å². The van der Waals surface area contributed by atoms with Crippen molar-refractivity contribution in [3.63, 3.8) is 0 Å². The van der Waals surface area contributed by atoms with Crippen LogP contribution in [0, 0.1) is 0 Å². The first kappa shape index (κ1) is 18.4. The third-order valence-electron chi connectivity index (χ3n) is 2.45. The van der Waals surface area contributed by atoms with Gasteiger partial charge in [-0.05, 0) is 12.5 Å². The summed E-state index contributed by atoms with van der Waals surface area (Å²) < 4.78 is 71.0. The Morgan fingerprint density at radius 1 is 1.41 bits per heavy atom. The molecule has 1 aromatic heterocycles. The summed E-state index contributed by atoms with van der Waals surface area (Å²) in [6.07, 6.45) is -8.09.